The fraction of sp³-hybridized carbons (Fsp3) is 0.571. The number of unbranched alkanes of at least 4 members (excludes halogenated alkanes) is 1. The minimum absolute atomic E-state index is 0.0316. The van der Waals surface area contributed by atoms with Gasteiger partial charge in [-0.05, 0) is 24.8 Å². The van der Waals surface area contributed by atoms with E-state index in [9.17, 15) is 0 Å². The number of hydrogen-bond donors (Lipinski definition) is 0. The molecule has 0 spiro atoms. The summed E-state index contributed by atoms with van der Waals surface area (Å²) < 4.78 is 16.3. The van der Waals surface area contributed by atoms with Crippen molar-refractivity contribution in [1.82, 2.24) is 0 Å². The maximum Gasteiger partial charge on any atom is 0.157 e. The topological polar surface area (TPSA) is 27.7 Å². The Morgan fingerprint density at radius 2 is 1.82 bits per heavy atom. The van der Waals surface area contributed by atoms with E-state index in [0.29, 0.717) is 6.61 Å². The number of hydrogen-bond acceptors (Lipinski definition) is 3. The Labute approximate surface area is 103 Å². The molecule has 3 heteroatoms. The molecule has 0 amide bonds. The molecule has 1 aliphatic rings. The molecule has 0 saturated carbocycles. The van der Waals surface area contributed by atoms with E-state index in [2.05, 4.69) is 12.1 Å². The third-order valence-corrected chi connectivity index (χ3v) is 2.78. The zero-order valence-electron chi connectivity index (χ0n) is 10.1. The van der Waals surface area contributed by atoms with Crippen LogP contribution in [0.1, 0.15) is 24.8 Å². The highest BCUT2D eigenvalue weighted by Crippen LogP contribution is 2.11. The van der Waals surface area contributed by atoms with E-state index in [4.69, 9.17) is 14.2 Å². The van der Waals surface area contributed by atoms with Crippen molar-refractivity contribution in [1.29, 1.82) is 0 Å². The van der Waals surface area contributed by atoms with Gasteiger partial charge in [0.2, 0.25) is 0 Å². The van der Waals surface area contributed by atoms with Crippen molar-refractivity contribution in [3.63, 3.8) is 0 Å². The highest BCUT2D eigenvalue weighted by atomic mass is 16.7. The van der Waals surface area contributed by atoms with Gasteiger partial charge in [-0.25, -0.2) is 0 Å². The zero-order valence-corrected chi connectivity index (χ0v) is 10.1. The van der Waals surface area contributed by atoms with Gasteiger partial charge in [0.05, 0.1) is 19.8 Å². The molecule has 0 radical (unpaired) electrons. The second-order valence-electron chi connectivity index (χ2n) is 4.21. The van der Waals surface area contributed by atoms with Crippen molar-refractivity contribution in [2.75, 3.05) is 19.8 Å². The Kier molecular flexibility index (Phi) is 5.49. The van der Waals surface area contributed by atoms with Crippen LogP contribution in [0.5, 0.6) is 0 Å². The third kappa shape index (κ3) is 4.86. The summed E-state index contributed by atoms with van der Waals surface area (Å²) >= 11 is 0. The summed E-state index contributed by atoms with van der Waals surface area (Å²) in [6.45, 7) is 3.00. The van der Waals surface area contributed by atoms with Gasteiger partial charge in [-0.3, -0.25) is 0 Å². The molecule has 17 heavy (non-hydrogen) atoms. The minimum Gasteiger partial charge on any atom is -0.377 e. The number of rotatable bonds is 7. The van der Waals surface area contributed by atoms with Crippen LogP contribution in [0, 0.1) is 0 Å². The Morgan fingerprint density at radius 3 is 2.59 bits per heavy atom. The lowest BCUT2D eigenvalue weighted by atomic mass is 10.2. The van der Waals surface area contributed by atoms with Gasteiger partial charge in [0.1, 0.15) is 0 Å². The minimum atomic E-state index is 0.0316. The van der Waals surface area contributed by atoms with Crippen LogP contribution in [-0.4, -0.2) is 26.1 Å². The van der Waals surface area contributed by atoms with Gasteiger partial charge in [0.15, 0.2) is 6.29 Å². The summed E-state index contributed by atoms with van der Waals surface area (Å²) in [5, 5.41) is 0. The van der Waals surface area contributed by atoms with Crippen LogP contribution in [0.2, 0.25) is 0 Å². The van der Waals surface area contributed by atoms with Gasteiger partial charge in [-0.2, -0.15) is 0 Å². The van der Waals surface area contributed by atoms with E-state index in [1.165, 1.54) is 5.56 Å². The average molecular weight is 236 g/mol. The SMILES string of the molecule is c1ccc(COCCCCC2OCCO2)cc1. The first-order valence-corrected chi connectivity index (χ1v) is 6.30. The standard InChI is InChI=1S/C14H20O3/c1-2-6-13(7-3-1)12-15-9-5-4-8-14-16-10-11-17-14/h1-3,6-7,14H,4-5,8-12H2. The van der Waals surface area contributed by atoms with Crippen molar-refractivity contribution < 1.29 is 14.2 Å². The van der Waals surface area contributed by atoms with Crippen LogP contribution >= 0.6 is 0 Å². The summed E-state index contributed by atoms with van der Waals surface area (Å²) in [4.78, 5) is 0. The Morgan fingerprint density at radius 1 is 1.06 bits per heavy atom. The molecule has 1 fully saturated rings. The van der Waals surface area contributed by atoms with Crippen LogP contribution in [0.25, 0.3) is 0 Å². The van der Waals surface area contributed by atoms with Gasteiger partial charge in [-0.15, -0.1) is 0 Å². The lowest BCUT2D eigenvalue weighted by Crippen LogP contribution is -2.07. The molecule has 1 saturated heterocycles. The Bertz CT molecular complexity index is 294. The lowest BCUT2D eigenvalue weighted by molar-refractivity contribution is -0.0489. The fourth-order valence-corrected chi connectivity index (χ4v) is 1.85. The van der Waals surface area contributed by atoms with Gasteiger partial charge in [-0.1, -0.05) is 30.3 Å². The predicted octanol–water partition coefficient (Wildman–Crippen LogP) is 2.75. The smallest absolute Gasteiger partial charge is 0.157 e. The van der Waals surface area contributed by atoms with Crippen molar-refractivity contribution in [3.8, 4) is 0 Å². The van der Waals surface area contributed by atoms with Gasteiger partial charge in [0.25, 0.3) is 0 Å². The van der Waals surface area contributed by atoms with E-state index in [1.54, 1.807) is 0 Å². The van der Waals surface area contributed by atoms with E-state index < -0.39 is 0 Å². The van der Waals surface area contributed by atoms with Gasteiger partial charge in [0, 0.05) is 6.61 Å². The van der Waals surface area contributed by atoms with Crippen LogP contribution in [0.15, 0.2) is 30.3 Å². The van der Waals surface area contributed by atoms with Crippen molar-refractivity contribution in [2.24, 2.45) is 0 Å². The average Bonchev–Trinajstić information content (AvgIpc) is 2.88. The van der Waals surface area contributed by atoms with Crippen molar-refractivity contribution >= 4 is 0 Å². The zero-order chi connectivity index (χ0) is 11.8. The van der Waals surface area contributed by atoms with Crippen LogP contribution < -0.4 is 0 Å². The van der Waals surface area contributed by atoms with Crippen molar-refractivity contribution in [3.05, 3.63) is 35.9 Å². The molecule has 1 aromatic carbocycles. The molecule has 3 nitrogen and oxygen atoms in total. The predicted molar refractivity (Wildman–Crippen MR) is 65.6 cm³/mol. The van der Waals surface area contributed by atoms with Gasteiger partial charge >= 0.3 is 0 Å². The molecule has 2 rings (SSSR count). The van der Waals surface area contributed by atoms with Crippen molar-refractivity contribution in [2.45, 2.75) is 32.2 Å². The highest BCUT2D eigenvalue weighted by Gasteiger charge is 2.14. The molecule has 94 valence electrons. The molecule has 0 N–H and O–H groups in total. The molecular formula is C14H20O3. The Hall–Kier alpha value is -0.900. The normalized spacial score (nSPS) is 16.5. The summed E-state index contributed by atoms with van der Waals surface area (Å²) in [6, 6.07) is 10.3. The second-order valence-corrected chi connectivity index (χ2v) is 4.21. The summed E-state index contributed by atoms with van der Waals surface area (Å²) in [7, 11) is 0. The molecule has 0 bridgehead atoms. The fourth-order valence-electron chi connectivity index (χ4n) is 1.85. The summed E-state index contributed by atoms with van der Waals surface area (Å²) in [5.74, 6) is 0. The first kappa shape index (κ1) is 12.6. The first-order chi connectivity index (χ1) is 8.45. The number of benzene rings is 1. The van der Waals surface area contributed by atoms with Gasteiger partial charge < -0.3 is 14.2 Å². The van der Waals surface area contributed by atoms with E-state index in [1.807, 2.05) is 18.2 Å². The summed E-state index contributed by atoms with van der Waals surface area (Å²) in [5.41, 5.74) is 1.23. The molecular weight excluding hydrogens is 216 g/mol. The van der Waals surface area contributed by atoms with Crippen LogP contribution in [0.3, 0.4) is 0 Å². The molecule has 1 aliphatic heterocycles. The molecule has 0 atom stereocenters. The third-order valence-electron chi connectivity index (χ3n) is 2.78. The van der Waals surface area contributed by atoms with Crippen LogP contribution in [0.4, 0.5) is 0 Å². The summed E-state index contributed by atoms with van der Waals surface area (Å²) in [6.07, 6.45) is 3.17. The Balaban J connectivity index is 1.46. The second kappa shape index (κ2) is 7.43. The maximum atomic E-state index is 5.60. The quantitative estimate of drug-likeness (QED) is 0.681. The maximum absolute atomic E-state index is 5.60. The molecule has 1 aromatic rings. The van der Waals surface area contributed by atoms with E-state index in [0.717, 1.165) is 39.1 Å². The lowest BCUT2D eigenvalue weighted by Gasteiger charge is -2.08. The monoisotopic (exact) mass is 236 g/mol. The largest absolute Gasteiger partial charge is 0.377 e. The van der Waals surface area contributed by atoms with Crippen LogP contribution in [-0.2, 0) is 20.8 Å². The van der Waals surface area contributed by atoms with E-state index >= 15 is 0 Å². The highest BCUT2D eigenvalue weighted by molar-refractivity contribution is 5.13. The first-order valence-electron chi connectivity index (χ1n) is 6.30. The molecule has 0 unspecified atom stereocenters. The molecule has 0 aliphatic carbocycles. The molecule has 0 aromatic heterocycles. The number of ether oxygens (including phenoxy) is 3. The molecule has 1 heterocycles. The van der Waals surface area contributed by atoms with E-state index in [-0.39, 0.29) is 6.29 Å².